The summed E-state index contributed by atoms with van der Waals surface area (Å²) >= 11 is 0. The number of methoxy groups -OCH3 is 2. The molecule has 0 bridgehead atoms. The maximum Gasteiger partial charge on any atom is 0.338 e. The van der Waals surface area contributed by atoms with Crippen molar-refractivity contribution in [3.05, 3.63) is 97.3 Å². The number of hydrogen-bond donors (Lipinski definition) is 2. The van der Waals surface area contributed by atoms with Crippen LogP contribution in [0.25, 0.3) is 34.2 Å². The third-order valence-corrected chi connectivity index (χ3v) is 9.25. The van der Waals surface area contributed by atoms with Gasteiger partial charge in [-0.25, -0.2) is 19.7 Å². The molecule has 2 N–H and O–H groups in total. The minimum atomic E-state index is -0.364. The Kier molecular flexibility index (Phi) is 16.0. The molecule has 296 valence electrons. The summed E-state index contributed by atoms with van der Waals surface area (Å²) in [5.74, 6) is 2.76. The number of ether oxygens (including phenoxy) is 3. The predicted molar refractivity (Wildman–Crippen MR) is 222 cm³/mol. The van der Waals surface area contributed by atoms with Crippen LogP contribution in [0.5, 0.6) is 17.2 Å². The lowest BCUT2D eigenvalue weighted by Gasteiger charge is -2.31. The molecular weight excluding hydrogens is 691 g/mol. The number of carbonyl (C=O) groups excluding carboxylic acids is 1. The van der Waals surface area contributed by atoms with Gasteiger partial charge in [-0.05, 0) is 90.3 Å². The minimum Gasteiger partial charge on any atom is -0.507 e. The number of nitrogens with zero attached hydrogens (tertiary/aromatic N) is 3. The molecular formula is C46H61N3O6. The summed E-state index contributed by atoms with van der Waals surface area (Å²) in [4.78, 5) is 27.2. The Morgan fingerprint density at radius 2 is 1.36 bits per heavy atom. The molecule has 0 spiro atoms. The summed E-state index contributed by atoms with van der Waals surface area (Å²) in [5.41, 5.74) is 2.35. The van der Waals surface area contributed by atoms with Crippen LogP contribution in [0, 0.1) is 28.6 Å². The Morgan fingerprint density at radius 1 is 0.782 bits per heavy atom. The molecule has 3 unspecified atom stereocenters. The van der Waals surface area contributed by atoms with Crippen LogP contribution >= 0.6 is 0 Å². The van der Waals surface area contributed by atoms with Gasteiger partial charge in [0.05, 0.1) is 37.5 Å². The van der Waals surface area contributed by atoms with Gasteiger partial charge in [0.2, 0.25) is 0 Å². The quantitative estimate of drug-likeness (QED) is 0.0694. The van der Waals surface area contributed by atoms with Crippen LogP contribution in [-0.4, -0.2) is 52.0 Å². The Labute approximate surface area is 328 Å². The van der Waals surface area contributed by atoms with Gasteiger partial charge in [-0.1, -0.05) is 99.2 Å². The lowest BCUT2D eigenvalue weighted by atomic mass is 9.76. The SMILES string of the molecule is C=CC(=C)OC.COc1ccc(-c2nc(-c3ccc(C(=O)OCC(CCC(C)CC(C)(C)C)C(C)CC(C)(C)C)cc3)nc(-c3ccccc3O)n2)c(O)c1. The van der Waals surface area contributed by atoms with E-state index in [2.05, 4.69) is 88.2 Å². The summed E-state index contributed by atoms with van der Waals surface area (Å²) < 4.78 is 15.8. The fourth-order valence-corrected chi connectivity index (χ4v) is 6.65. The average molecular weight is 752 g/mol. The highest BCUT2D eigenvalue weighted by Gasteiger charge is 2.26. The number of aromatic hydroxyl groups is 2. The van der Waals surface area contributed by atoms with E-state index in [-0.39, 0.29) is 45.9 Å². The molecule has 0 aliphatic rings. The van der Waals surface area contributed by atoms with Gasteiger partial charge in [-0.15, -0.1) is 0 Å². The van der Waals surface area contributed by atoms with E-state index in [1.54, 1.807) is 73.8 Å². The fourth-order valence-electron chi connectivity index (χ4n) is 6.65. The zero-order valence-corrected chi connectivity index (χ0v) is 34.5. The highest BCUT2D eigenvalue weighted by molar-refractivity contribution is 5.90. The van der Waals surface area contributed by atoms with Crippen molar-refractivity contribution in [1.82, 2.24) is 15.0 Å². The van der Waals surface area contributed by atoms with Crippen LogP contribution in [0.4, 0.5) is 0 Å². The molecule has 1 aromatic heterocycles. The van der Waals surface area contributed by atoms with E-state index >= 15 is 0 Å². The van der Waals surface area contributed by atoms with Crippen LogP contribution in [0.1, 0.15) is 91.4 Å². The Bertz CT molecular complexity index is 1870. The molecule has 0 aliphatic carbocycles. The smallest absolute Gasteiger partial charge is 0.338 e. The minimum absolute atomic E-state index is 0.0152. The first-order valence-corrected chi connectivity index (χ1v) is 18.9. The highest BCUT2D eigenvalue weighted by Crippen LogP contribution is 2.36. The standard InChI is InChI=1S/C41H53N3O5.C5H8O/c1-26(23-40(3,4)5)14-15-30(27(2)24-41(6,7)8)25-49-39(47)29-18-16-28(17-19-29)36-42-37(32-12-10-11-13-34(32)45)44-38(43-36)33-21-20-31(48-9)22-35(33)46;1-4-5(2)6-3/h10-13,16-22,26-27,30,45-46H,14-15,23-25H2,1-9H3;4H,1-2H2,3H3. The van der Waals surface area contributed by atoms with E-state index in [1.165, 1.54) is 13.2 Å². The number of hydrogen-bond acceptors (Lipinski definition) is 9. The normalized spacial score (nSPS) is 13.1. The van der Waals surface area contributed by atoms with Gasteiger partial charge >= 0.3 is 5.97 Å². The first-order valence-electron chi connectivity index (χ1n) is 18.9. The fraction of sp³-hybridized carbons (Fsp3) is 0.435. The van der Waals surface area contributed by atoms with Gasteiger partial charge in [0, 0.05) is 11.6 Å². The van der Waals surface area contributed by atoms with Crippen molar-refractivity contribution in [1.29, 1.82) is 0 Å². The van der Waals surface area contributed by atoms with E-state index in [4.69, 9.17) is 9.47 Å². The molecule has 4 rings (SSSR count). The van der Waals surface area contributed by atoms with Crippen LogP contribution in [0.15, 0.2) is 91.7 Å². The lowest BCUT2D eigenvalue weighted by Crippen LogP contribution is -2.25. The van der Waals surface area contributed by atoms with E-state index in [0.29, 0.717) is 58.0 Å². The summed E-state index contributed by atoms with van der Waals surface area (Å²) in [5, 5.41) is 21.3. The number of rotatable bonds is 15. The molecule has 0 saturated carbocycles. The number of phenols is 2. The second kappa shape index (κ2) is 19.9. The largest absolute Gasteiger partial charge is 0.507 e. The molecule has 0 amide bonds. The number of esters is 1. The van der Waals surface area contributed by atoms with Crippen LogP contribution in [0.2, 0.25) is 0 Å². The second-order valence-electron chi connectivity index (χ2n) is 16.7. The molecule has 0 fully saturated rings. The van der Waals surface area contributed by atoms with E-state index in [0.717, 1.165) is 25.7 Å². The summed E-state index contributed by atoms with van der Waals surface area (Å²) in [7, 11) is 3.08. The van der Waals surface area contributed by atoms with Crippen LogP contribution in [0.3, 0.4) is 0 Å². The molecule has 1 heterocycles. The number of benzene rings is 3. The Morgan fingerprint density at radius 3 is 1.87 bits per heavy atom. The van der Waals surface area contributed by atoms with Gasteiger partial charge in [0.1, 0.15) is 23.0 Å². The summed E-state index contributed by atoms with van der Waals surface area (Å²) in [6.45, 7) is 25.5. The highest BCUT2D eigenvalue weighted by atomic mass is 16.5. The van der Waals surface area contributed by atoms with Crippen molar-refractivity contribution in [2.24, 2.45) is 28.6 Å². The second-order valence-corrected chi connectivity index (χ2v) is 16.7. The molecule has 3 aromatic carbocycles. The van der Waals surface area contributed by atoms with Gasteiger partial charge in [-0.3, -0.25) is 0 Å². The van der Waals surface area contributed by atoms with Gasteiger partial charge in [-0.2, -0.15) is 0 Å². The van der Waals surface area contributed by atoms with Crippen molar-refractivity contribution < 1.29 is 29.2 Å². The number of para-hydroxylation sites is 1. The monoisotopic (exact) mass is 751 g/mol. The van der Waals surface area contributed by atoms with Gasteiger partial charge < -0.3 is 24.4 Å². The molecule has 9 heteroatoms. The van der Waals surface area contributed by atoms with Crippen LogP contribution in [-0.2, 0) is 9.47 Å². The zero-order chi connectivity index (χ0) is 40.9. The molecule has 3 atom stereocenters. The van der Waals surface area contributed by atoms with E-state index in [9.17, 15) is 15.0 Å². The first kappa shape index (κ1) is 44.2. The van der Waals surface area contributed by atoms with Gasteiger partial charge in [0.15, 0.2) is 17.5 Å². The average Bonchev–Trinajstić information content (AvgIpc) is 3.13. The zero-order valence-electron chi connectivity index (χ0n) is 34.5. The predicted octanol–water partition coefficient (Wildman–Crippen LogP) is 11.3. The van der Waals surface area contributed by atoms with E-state index in [1.807, 2.05) is 0 Å². The van der Waals surface area contributed by atoms with Crippen molar-refractivity contribution in [2.75, 3.05) is 20.8 Å². The third-order valence-electron chi connectivity index (χ3n) is 9.25. The summed E-state index contributed by atoms with van der Waals surface area (Å²) in [6, 6.07) is 18.6. The lowest BCUT2D eigenvalue weighted by molar-refractivity contribution is 0.0356. The molecule has 4 aromatic rings. The first-order chi connectivity index (χ1) is 25.8. The summed E-state index contributed by atoms with van der Waals surface area (Å²) in [6.07, 6.45) is 5.90. The maximum absolute atomic E-state index is 13.3. The number of carbonyl (C=O) groups is 1. The third kappa shape index (κ3) is 14.2. The molecule has 0 radical (unpaired) electrons. The van der Waals surface area contributed by atoms with Gasteiger partial charge in [0.25, 0.3) is 0 Å². The Balaban J connectivity index is 0.00000125. The number of phenolic OH excluding ortho intramolecular Hbond substituents is 2. The number of allylic oxidation sites excluding steroid dienone is 1. The molecule has 55 heavy (non-hydrogen) atoms. The Hall–Kier alpha value is -5.18. The van der Waals surface area contributed by atoms with Crippen molar-refractivity contribution in [3.8, 4) is 51.4 Å². The van der Waals surface area contributed by atoms with Crippen molar-refractivity contribution >= 4 is 5.97 Å². The van der Waals surface area contributed by atoms with Crippen LogP contribution < -0.4 is 4.74 Å². The van der Waals surface area contributed by atoms with Crippen molar-refractivity contribution in [2.45, 2.75) is 81.1 Å². The molecule has 0 saturated heterocycles. The maximum atomic E-state index is 13.3. The topological polar surface area (TPSA) is 124 Å². The van der Waals surface area contributed by atoms with Crippen molar-refractivity contribution in [3.63, 3.8) is 0 Å². The molecule has 9 nitrogen and oxygen atoms in total. The number of aromatic nitrogens is 3. The van der Waals surface area contributed by atoms with E-state index < -0.39 is 0 Å². The molecule has 0 aliphatic heterocycles.